The molecule has 0 bridgehead atoms. The van der Waals surface area contributed by atoms with Crippen molar-refractivity contribution in [1.29, 1.82) is 0 Å². The van der Waals surface area contributed by atoms with Gasteiger partial charge in [-0.05, 0) is 69.4 Å². The Bertz CT molecular complexity index is 282. The highest BCUT2D eigenvalue weighted by molar-refractivity contribution is 5.73. The first-order valence-electron chi connectivity index (χ1n) is 7.53. The summed E-state index contributed by atoms with van der Waals surface area (Å²) in [7, 11) is 0. The molecule has 1 saturated heterocycles. The van der Waals surface area contributed by atoms with Crippen LogP contribution < -0.4 is 0 Å². The Morgan fingerprint density at radius 1 is 1.22 bits per heavy atom. The molecule has 2 rings (SSSR count). The van der Waals surface area contributed by atoms with Crippen LogP contribution in [-0.4, -0.2) is 35.1 Å². The van der Waals surface area contributed by atoms with Crippen molar-refractivity contribution in [3.63, 3.8) is 0 Å². The van der Waals surface area contributed by atoms with E-state index in [1.54, 1.807) is 0 Å². The van der Waals surface area contributed by atoms with Crippen molar-refractivity contribution >= 4 is 5.97 Å². The fourth-order valence-electron chi connectivity index (χ4n) is 4.07. The molecule has 0 aromatic rings. The zero-order valence-electron chi connectivity index (χ0n) is 11.8. The van der Waals surface area contributed by atoms with E-state index in [2.05, 4.69) is 18.7 Å². The Labute approximate surface area is 111 Å². The number of aliphatic carboxylic acids is 1. The fraction of sp³-hybridized carbons (Fsp3) is 0.933. The summed E-state index contributed by atoms with van der Waals surface area (Å²) in [6, 6.07) is -0.205. The van der Waals surface area contributed by atoms with Gasteiger partial charge in [0.15, 0.2) is 0 Å². The highest BCUT2D eigenvalue weighted by Crippen LogP contribution is 2.35. The molecule has 2 aliphatic rings. The van der Waals surface area contributed by atoms with Crippen LogP contribution in [0.25, 0.3) is 0 Å². The van der Waals surface area contributed by atoms with Crippen LogP contribution >= 0.6 is 0 Å². The van der Waals surface area contributed by atoms with Gasteiger partial charge in [-0.15, -0.1) is 0 Å². The average Bonchev–Trinajstić information content (AvgIpc) is 2.73. The quantitative estimate of drug-likeness (QED) is 0.837. The zero-order valence-corrected chi connectivity index (χ0v) is 11.8. The molecule has 1 saturated carbocycles. The van der Waals surface area contributed by atoms with Crippen molar-refractivity contribution in [2.75, 3.05) is 13.1 Å². The first-order chi connectivity index (χ1) is 8.56. The number of carboxylic acid groups (broad SMARTS) is 1. The van der Waals surface area contributed by atoms with Crippen LogP contribution in [0, 0.1) is 17.8 Å². The predicted molar refractivity (Wildman–Crippen MR) is 72.5 cm³/mol. The van der Waals surface area contributed by atoms with Gasteiger partial charge in [0.25, 0.3) is 0 Å². The Morgan fingerprint density at radius 3 is 2.50 bits per heavy atom. The number of rotatable bonds is 4. The molecule has 1 N–H and O–H groups in total. The van der Waals surface area contributed by atoms with E-state index in [-0.39, 0.29) is 6.04 Å². The second-order valence-electron chi connectivity index (χ2n) is 6.60. The van der Waals surface area contributed by atoms with Crippen molar-refractivity contribution < 1.29 is 9.90 Å². The minimum atomic E-state index is -0.627. The molecule has 1 aliphatic carbocycles. The van der Waals surface area contributed by atoms with Gasteiger partial charge in [-0.2, -0.15) is 0 Å². The number of carbonyl (C=O) groups is 1. The lowest BCUT2D eigenvalue weighted by atomic mass is 9.75. The van der Waals surface area contributed by atoms with Gasteiger partial charge in [0, 0.05) is 0 Å². The van der Waals surface area contributed by atoms with Crippen LogP contribution in [0.2, 0.25) is 0 Å². The molecular formula is C15H27NO2. The average molecular weight is 253 g/mol. The molecule has 3 nitrogen and oxygen atoms in total. The maximum Gasteiger partial charge on any atom is 0.320 e. The van der Waals surface area contributed by atoms with Crippen molar-refractivity contribution in [3.05, 3.63) is 0 Å². The number of hydrogen-bond acceptors (Lipinski definition) is 2. The summed E-state index contributed by atoms with van der Waals surface area (Å²) < 4.78 is 0. The highest BCUT2D eigenvalue weighted by Gasteiger charge is 2.31. The van der Waals surface area contributed by atoms with Gasteiger partial charge >= 0.3 is 5.97 Å². The fourth-order valence-corrected chi connectivity index (χ4v) is 4.07. The maximum absolute atomic E-state index is 11.1. The van der Waals surface area contributed by atoms with Gasteiger partial charge in [-0.25, -0.2) is 0 Å². The lowest BCUT2D eigenvalue weighted by Crippen LogP contribution is -2.37. The van der Waals surface area contributed by atoms with Gasteiger partial charge in [0.05, 0.1) is 0 Å². The van der Waals surface area contributed by atoms with Gasteiger partial charge in [-0.1, -0.05) is 13.8 Å². The van der Waals surface area contributed by atoms with Crippen molar-refractivity contribution in [2.24, 2.45) is 17.8 Å². The summed E-state index contributed by atoms with van der Waals surface area (Å²) in [5, 5.41) is 9.16. The second kappa shape index (κ2) is 6.05. The summed E-state index contributed by atoms with van der Waals surface area (Å²) in [5.74, 6) is 1.90. The molecule has 0 spiro atoms. The third-order valence-corrected chi connectivity index (χ3v) is 4.75. The molecule has 18 heavy (non-hydrogen) atoms. The first-order valence-corrected chi connectivity index (χ1v) is 7.53. The minimum absolute atomic E-state index is 0.205. The first kappa shape index (κ1) is 13.9. The van der Waals surface area contributed by atoms with Crippen molar-refractivity contribution in [2.45, 2.75) is 58.4 Å². The minimum Gasteiger partial charge on any atom is -0.480 e. The molecule has 0 amide bonds. The van der Waals surface area contributed by atoms with Gasteiger partial charge in [0.2, 0.25) is 0 Å². The summed E-state index contributed by atoms with van der Waals surface area (Å²) >= 11 is 0. The van der Waals surface area contributed by atoms with E-state index in [1.165, 1.54) is 25.7 Å². The Balaban J connectivity index is 1.78. The number of hydrogen-bond donors (Lipinski definition) is 1. The Kier molecular flexibility index (Phi) is 4.66. The van der Waals surface area contributed by atoms with Gasteiger partial charge in [0.1, 0.15) is 6.04 Å². The monoisotopic (exact) mass is 253 g/mol. The third-order valence-electron chi connectivity index (χ3n) is 4.75. The predicted octanol–water partition coefficient (Wildman–Crippen LogP) is 3.00. The molecule has 4 atom stereocenters. The molecule has 1 aliphatic heterocycles. The van der Waals surface area contributed by atoms with E-state index in [0.717, 1.165) is 43.7 Å². The van der Waals surface area contributed by atoms with Crippen LogP contribution in [0.1, 0.15) is 52.4 Å². The van der Waals surface area contributed by atoms with Crippen LogP contribution in [0.15, 0.2) is 0 Å². The van der Waals surface area contributed by atoms with Crippen LogP contribution in [0.4, 0.5) is 0 Å². The topological polar surface area (TPSA) is 40.5 Å². The molecule has 1 unspecified atom stereocenters. The number of nitrogens with zero attached hydrogens (tertiary/aromatic N) is 1. The number of likely N-dealkylation sites (tertiary alicyclic amines) is 1. The third kappa shape index (κ3) is 3.47. The SMILES string of the molecule is C[C@@H]1CC(CCN2CCC[C@@H]2C(=O)O)C[C@H](C)C1. The molecule has 3 heteroatoms. The van der Waals surface area contributed by atoms with Crippen LogP contribution in [-0.2, 0) is 4.79 Å². The molecule has 0 aromatic heterocycles. The lowest BCUT2D eigenvalue weighted by molar-refractivity contribution is -0.142. The lowest BCUT2D eigenvalue weighted by Gasteiger charge is -2.33. The normalized spacial score (nSPS) is 37.9. The van der Waals surface area contributed by atoms with E-state index in [9.17, 15) is 4.79 Å². The largest absolute Gasteiger partial charge is 0.480 e. The van der Waals surface area contributed by atoms with E-state index in [4.69, 9.17) is 5.11 Å². The molecule has 2 fully saturated rings. The molecule has 104 valence electrons. The summed E-state index contributed by atoms with van der Waals surface area (Å²) in [4.78, 5) is 13.3. The smallest absolute Gasteiger partial charge is 0.320 e. The highest BCUT2D eigenvalue weighted by atomic mass is 16.4. The zero-order chi connectivity index (χ0) is 13.1. The van der Waals surface area contributed by atoms with Gasteiger partial charge < -0.3 is 5.11 Å². The molecular weight excluding hydrogens is 226 g/mol. The van der Waals surface area contributed by atoms with Crippen molar-refractivity contribution in [1.82, 2.24) is 4.90 Å². The molecule has 1 heterocycles. The summed E-state index contributed by atoms with van der Waals surface area (Å²) in [6.07, 6.45) is 7.14. The standard InChI is InChI=1S/C15H27NO2/c1-11-8-12(2)10-13(9-11)5-7-16-6-3-4-14(16)15(17)18/h11-14H,3-10H2,1-2H3,(H,17,18)/t11-,12+,13?,14-/m1/s1. The van der Waals surface area contributed by atoms with E-state index >= 15 is 0 Å². The maximum atomic E-state index is 11.1. The van der Waals surface area contributed by atoms with Crippen molar-refractivity contribution in [3.8, 4) is 0 Å². The molecule has 0 aromatic carbocycles. The molecule has 0 radical (unpaired) electrons. The number of carboxylic acids is 1. The summed E-state index contributed by atoms with van der Waals surface area (Å²) in [5.41, 5.74) is 0. The Morgan fingerprint density at radius 2 is 1.89 bits per heavy atom. The van der Waals surface area contributed by atoms with Crippen LogP contribution in [0.5, 0.6) is 0 Å². The summed E-state index contributed by atoms with van der Waals surface area (Å²) in [6.45, 7) is 6.69. The van der Waals surface area contributed by atoms with Gasteiger partial charge in [-0.3, -0.25) is 9.69 Å². The Hall–Kier alpha value is -0.570. The van der Waals surface area contributed by atoms with E-state index in [1.807, 2.05) is 0 Å². The second-order valence-corrected chi connectivity index (χ2v) is 6.60. The van der Waals surface area contributed by atoms with E-state index < -0.39 is 5.97 Å². The van der Waals surface area contributed by atoms with Crippen LogP contribution in [0.3, 0.4) is 0 Å². The van der Waals surface area contributed by atoms with E-state index in [0.29, 0.717) is 0 Å².